The Hall–Kier alpha value is -2.81. The van der Waals surface area contributed by atoms with Crippen LogP contribution in [0.5, 0.6) is 0 Å². The Bertz CT molecular complexity index is 882. The first-order chi connectivity index (χ1) is 12.0. The first-order valence-corrected chi connectivity index (χ1v) is 8.10. The van der Waals surface area contributed by atoms with Gasteiger partial charge in [-0.25, -0.2) is 4.68 Å². The van der Waals surface area contributed by atoms with Gasteiger partial charge in [0.15, 0.2) is 5.82 Å². The predicted octanol–water partition coefficient (Wildman–Crippen LogP) is 3.44. The van der Waals surface area contributed by atoms with Crippen LogP contribution < -0.4 is 5.32 Å². The minimum atomic E-state index is -2.49. The number of nitrogens with zero attached hydrogens (tertiary/aromatic N) is 4. The van der Waals surface area contributed by atoms with Gasteiger partial charge >= 0.3 is 0 Å². The largest absolute Gasteiger partial charge is 0.322 e. The third-order valence-electron chi connectivity index (χ3n) is 3.34. The van der Waals surface area contributed by atoms with E-state index in [2.05, 4.69) is 20.8 Å². The fraction of sp³-hybridized carbons (Fsp3) is 0.125. The van der Waals surface area contributed by atoms with Crippen LogP contribution in [0.15, 0.2) is 53.4 Å². The molecule has 0 radical (unpaired) electrons. The van der Waals surface area contributed by atoms with Crippen molar-refractivity contribution in [2.45, 2.75) is 10.7 Å². The van der Waals surface area contributed by atoms with Gasteiger partial charge in [-0.1, -0.05) is 23.9 Å². The van der Waals surface area contributed by atoms with Crippen molar-refractivity contribution in [3.05, 3.63) is 54.1 Å². The molecule has 2 aromatic carbocycles. The second-order valence-electron chi connectivity index (χ2n) is 5.06. The molecule has 3 rings (SSSR count). The third-order valence-corrected chi connectivity index (χ3v) is 4.06. The first kappa shape index (κ1) is 17.0. The molecule has 0 fully saturated rings. The van der Waals surface area contributed by atoms with Crippen LogP contribution >= 0.6 is 11.8 Å². The molecule has 0 aliphatic carbocycles. The summed E-state index contributed by atoms with van der Waals surface area (Å²) in [5.41, 5.74) is 1.72. The van der Waals surface area contributed by atoms with Gasteiger partial charge in [-0.15, -0.1) is 5.10 Å². The Kier molecular flexibility index (Phi) is 5.03. The molecule has 0 atom stereocenters. The number of hydrogen-bond acceptors (Lipinski definition) is 5. The molecular formula is C16H13F2N5OS. The lowest BCUT2D eigenvalue weighted by Gasteiger charge is -2.08. The van der Waals surface area contributed by atoms with Crippen LogP contribution in [-0.2, 0) is 7.05 Å². The summed E-state index contributed by atoms with van der Waals surface area (Å²) in [6.45, 7) is 0. The molecule has 0 bridgehead atoms. The van der Waals surface area contributed by atoms with E-state index in [1.807, 2.05) is 6.07 Å². The number of thioether (sulfide) groups is 1. The van der Waals surface area contributed by atoms with Gasteiger partial charge in [-0.05, 0) is 46.8 Å². The number of carbonyl (C=O) groups is 1. The molecule has 0 unspecified atom stereocenters. The second-order valence-corrected chi connectivity index (χ2v) is 6.13. The van der Waals surface area contributed by atoms with Crippen molar-refractivity contribution in [2.75, 3.05) is 5.32 Å². The van der Waals surface area contributed by atoms with Crippen LogP contribution in [0.2, 0.25) is 0 Å². The molecule has 9 heteroatoms. The predicted molar refractivity (Wildman–Crippen MR) is 90.5 cm³/mol. The first-order valence-electron chi connectivity index (χ1n) is 7.22. The van der Waals surface area contributed by atoms with Crippen molar-refractivity contribution in [3.8, 4) is 11.4 Å². The van der Waals surface area contributed by atoms with E-state index in [-0.39, 0.29) is 5.91 Å². The van der Waals surface area contributed by atoms with Crippen LogP contribution in [0.25, 0.3) is 11.4 Å². The molecule has 3 aromatic rings. The Morgan fingerprint density at radius 1 is 1.20 bits per heavy atom. The molecule has 0 saturated carbocycles. The molecule has 1 heterocycles. The maximum atomic E-state index is 12.3. The topological polar surface area (TPSA) is 72.7 Å². The zero-order valence-corrected chi connectivity index (χ0v) is 13.9. The summed E-state index contributed by atoms with van der Waals surface area (Å²) in [5.74, 6) is -2.25. The molecule has 0 aliphatic heterocycles. The monoisotopic (exact) mass is 361 g/mol. The smallest absolute Gasteiger partial charge is 0.288 e. The number of hydrogen-bond donors (Lipinski definition) is 1. The molecule has 1 N–H and O–H groups in total. The maximum Gasteiger partial charge on any atom is 0.288 e. The van der Waals surface area contributed by atoms with Crippen LogP contribution in [0.1, 0.15) is 10.4 Å². The molecule has 25 heavy (non-hydrogen) atoms. The van der Waals surface area contributed by atoms with E-state index in [4.69, 9.17) is 0 Å². The Balaban J connectivity index is 1.74. The van der Waals surface area contributed by atoms with Crippen molar-refractivity contribution in [3.63, 3.8) is 0 Å². The average molecular weight is 361 g/mol. The van der Waals surface area contributed by atoms with Crippen LogP contribution in [0.3, 0.4) is 0 Å². The SMILES string of the molecule is Cn1nnnc1-c1cccc(NC(=O)c2ccc(SC(F)F)cc2)c1. The normalized spacial score (nSPS) is 10.9. The highest BCUT2D eigenvalue weighted by molar-refractivity contribution is 7.99. The average Bonchev–Trinajstić information content (AvgIpc) is 3.01. The fourth-order valence-corrected chi connectivity index (χ4v) is 2.70. The van der Waals surface area contributed by atoms with Crippen LogP contribution in [-0.4, -0.2) is 31.9 Å². The fourth-order valence-electron chi connectivity index (χ4n) is 2.20. The van der Waals surface area contributed by atoms with Gasteiger partial charge in [0.05, 0.1) is 0 Å². The lowest BCUT2D eigenvalue weighted by Crippen LogP contribution is -2.11. The van der Waals surface area contributed by atoms with Gasteiger partial charge in [0.2, 0.25) is 0 Å². The standard InChI is InChI=1S/C16H13F2N5OS/c1-23-14(20-21-22-23)11-3-2-4-12(9-11)19-15(24)10-5-7-13(8-6-10)25-16(17)18/h2-9,16H,1H3,(H,19,24). The number of benzene rings is 2. The highest BCUT2D eigenvalue weighted by Crippen LogP contribution is 2.25. The summed E-state index contributed by atoms with van der Waals surface area (Å²) in [5, 5.41) is 14.0. The number of halogens is 2. The Morgan fingerprint density at radius 3 is 2.60 bits per heavy atom. The van der Waals surface area contributed by atoms with E-state index < -0.39 is 5.76 Å². The number of carbonyl (C=O) groups excluding carboxylic acids is 1. The van der Waals surface area contributed by atoms with Gasteiger partial charge in [0.25, 0.3) is 11.7 Å². The number of nitrogens with one attached hydrogen (secondary N) is 1. The van der Waals surface area contributed by atoms with E-state index in [1.54, 1.807) is 25.2 Å². The summed E-state index contributed by atoms with van der Waals surface area (Å²) < 4.78 is 26.2. The Labute approximate surface area is 146 Å². The summed E-state index contributed by atoms with van der Waals surface area (Å²) in [4.78, 5) is 12.7. The van der Waals surface area contributed by atoms with E-state index in [1.165, 1.54) is 28.9 Å². The summed E-state index contributed by atoms with van der Waals surface area (Å²) >= 11 is 0.438. The lowest BCUT2D eigenvalue weighted by molar-refractivity contribution is 0.102. The number of alkyl halides is 2. The zero-order valence-electron chi connectivity index (χ0n) is 13.1. The molecule has 6 nitrogen and oxygen atoms in total. The van der Waals surface area contributed by atoms with Gasteiger partial charge < -0.3 is 5.32 Å². The van der Waals surface area contributed by atoms with Crippen molar-refractivity contribution in [1.82, 2.24) is 20.2 Å². The number of rotatable bonds is 5. The molecule has 0 saturated heterocycles. The molecule has 0 aliphatic rings. The number of amides is 1. The maximum absolute atomic E-state index is 12.3. The third kappa shape index (κ3) is 4.18. The minimum Gasteiger partial charge on any atom is -0.322 e. The van der Waals surface area contributed by atoms with E-state index in [0.717, 1.165) is 5.56 Å². The van der Waals surface area contributed by atoms with E-state index in [0.29, 0.717) is 33.7 Å². The molecular weight excluding hydrogens is 348 g/mol. The van der Waals surface area contributed by atoms with Gasteiger partial charge in [0.1, 0.15) is 0 Å². The summed E-state index contributed by atoms with van der Waals surface area (Å²) in [6.07, 6.45) is 0. The van der Waals surface area contributed by atoms with Crippen LogP contribution in [0, 0.1) is 0 Å². The van der Waals surface area contributed by atoms with E-state index in [9.17, 15) is 13.6 Å². The van der Waals surface area contributed by atoms with E-state index >= 15 is 0 Å². The number of aromatic nitrogens is 4. The highest BCUT2D eigenvalue weighted by atomic mass is 32.2. The molecule has 1 aromatic heterocycles. The summed E-state index contributed by atoms with van der Waals surface area (Å²) in [6, 6.07) is 13.1. The summed E-state index contributed by atoms with van der Waals surface area (Å²) in [7, 11) is 1.72. The highest BCUT2D eigenvalue weighted by Gasteiger charge is 2.10. The number of anilines is 1. The van der Waals surface area contributed by atoms with Crippen molar-refractivity contribution in [2.24, 2.45) is 7.05 Å². The van der Waals surface area contributed by atoms with Crippen molar-refractivity contribution < 1.29 is 13.6 Å². The number of aryl methyl sites for hydroxylation is 1. The quantitative estimate of drug-likeness (QED) is 0.705. The minimum absolute atomic E-state index is 0.332. The molecule has 128 valence electrons. The number of tetrazole rings is 1. The Morgan fingerprint density at radius 2 is 1.96 bits per heavy atom. The molecule has 0 spiro atoms. The van der Waals surface area contributed by atoms with Gasteiger partial charge in [-0.2, -0.15) is 8.78 Å². The lowest BCUT2D eigenvalue weighted by atomic mass is 10.1. The van der Waals surface area contributed by atoms with Crippen molar-refractivity contribution in [1.29, 1.82) is 0 Å². The molecule has 1 amide bonds. The second kappa shape index (κ2) is 7.39. The van der Waals surface area contributed by atoms with Gasteiger partial charge in [0, 0.05) is 28.8 Å². The van der Waals surface area contributed by atoms with Crippen molar-refractivity contribution >= 4 is 23.4 Å². The van der Waals surface area contributed by atoms with Gasteiger partial charge in [-0.3, -0.25) is 4.79 Å². The van der Waals surface area contributed by atoms with Crippen LogP contribution in [0.4, 0.5) is 14.5 Å². The zero-order chi connectivity index (χ0) is 17.8.